The fourth-order valence-electron chi connectivity index (χ4n) is 2.15. The van der Waals surface area contributed by atoms with Gasteiger partial charge >= 0.3 is 0 Å². The zero-order valence-electron chi connectivity index (χ0n) is 9.21. The van der Waals surface area contributed by atoms with Crippen molar-refractivity contribution in [2.75, 3.05) is 6.54 Å². The van der Waals surface area contributed by atoms with Crippen LogP contribution in [0.1, 0.15) is 24.8 Å². The third-order valence-corrected chi connectivity index (χ3v) is 3.51. The van der Waals surface area contributed by atoms with Crippen molar-refractivity contribution in [2.24, 2.45) is 5.92 Å². The maximum atomic E-state index is 11.8. The predicted molar refractivity (Wildman–Crippen MR) is 68.2 cm³/mol. The third kappa shape index (κ3) is 3.08. The van der Waals surface area contributed by atoms with Crippen LogP contribution in [0.3, 0.4) is 0 Å². The Bertz CT molecular complexity index is 378. The van der Waals surface area contributed by atoms with E-state index in [1.54, 1.807) is 0 Å². The first-order valence-electron chi connectivity index (χ1n) is 5.78. The largest absolute Gasteiger partial charge is 0.356 e. The van der Waals surface area contributed by atoms with E-state index in [1.165, 1.54) is 5.56 Å². The summed E-state index contributed by atoms with van der Waals surface area (Å²) in [5.74, 6) is 0.370. The van der Waals surface area contributed by atoms with Gasteiger partial charge in [0.05, 0.1) is 0 Å². The minimum Gasteiger partial charge on any atom is -0.356 e. The van der Waals surface area contributed by atoms with Gasteiger partial charge < -0.3 is 5.32 Å². The minimum absolute atomic E-state index is 0.150. The van der Waals surface area contributed by atoms with E-state index in [9.17, 15) is 4.79 Å². The topological polar surface area (TPSA) is 29.1 Å². The van der Waals surface area contributed by atoms with Gasteiger partial charge in [-0.2, -0.15) is 0 Å². The third-order valence-electron chi connectivity index (χ3n) is 3.02. The van der Waals surface area contributed by atoms with Gasteiger partial charge in [0.25, 0.3) is 0 Å². The smallest absolute Gasteiger partial charge is 0.223 e. The summed E-state index contributed by atoms with van der Waals surface area (Å²) < 4.78 is 1.08. The monoisotopic (exact) mass is 281 g/mol. The fraction of sp³-hybridized carbons (Fsp3) is 0.462. The Labute approximate surface area is 105 Å². The maximum Gasteiger partial charge on any atom is 0.223 e. The van der Waals surface area contributed by atoms with Crippen molar-refractivity contribution in [3.05, 3.63) is 34.3 Å². The second-order valence-electron chi connectivity index (χ2n) is 4.32. The summed E-state index contributed by atoms with van der Waals surface area (Å²) in [6.45, 7) is 0.841. The number of amides is 1. The zero-order chi connectivity index (χ0) is 11.4. The van der Waals surface area contributed by atoms with E-state index >= 15 is 0 Å². The van der Waals surface area contributed by atoms with E-state index in [-0.39, 0.29) is 11.8 Å². The van der Waals surface area contributed by atoms with Crippen LogP contribution in [0.15, 0.2) is 28.7 Å². The molecule has 0 spiro atoms. The summed E-state index contributed by atoms with van der Waals surface area (Å²) in [6.07, 6.45) is 4.13. The molecule has 2 rings (SSSR count). The Balaban J connectivity index is 2.05. The van der Waals surface area contributed by atoms with Crippen LogP contribution < -0.4 is 5.32 Å². The molecule has 1 aromatic carbocycles. The summed E-state index contributed by atoms with van der Waals surface area (Å²) >= 11 is 3.46. The van der Waals surface area contributed by atoms with Crippen molar-refractivity contribution in [3.63, 3.8) is 0 Å². The molecule has 1 fully saturated rings. The van der Waals surface area contributed by atoms with Gasteiger partial charge in [-0.25, -0.2) is 0 Å². The van der Waals surface area contributed by atoms with Gasteiger partial charge in [0, 0.05) is 16.9 Å². The number of rotatable bonds is 2. The molecule has 1 heterocycles. The summed E-state index contributed by atoms with van der Waals surface area (Å²) in [5.41, 5.74) is 1.23. The number of benzene rings is 1. The predicted octanol–water partition coefficient (Wildman–Crippen LogP) is 2.91. The van der Waals surface area contributed by atoms with E-state index in [4.69, 9.17) is 0 Å². The van der Waals surface area contributed by atoms with Gasteiger partial charge in [0.15, 0.2) is 0 Å². The molecule has 1 N–H and O–H groups in total. The van der Waals surface area contributed by atoms with Crippen LogP contribution in [0.2, 0.25) is 0 Å². The lowest BCUT2D eigenvalue weighted by Crippen LogP contribution is -2.30. The van der Waals surface area contributed by atoms with Crippen LogP contribution in [0, 0.1) is 5.92 Å². The quantitative estimate of drug-likeness (QED) is 0.888. The van der Waals surface area contributed by atoms with Crippen molar-refractivity contribution in [2.45, 2.75) is 25.7 Å². The van der Waals surface area contributed by atoms with Crippen LogP contribution >= 0.6 is 15.9 Å². The van der Waals surface area contributed by atoms with E-state index in [2.05, 4.69) is 33.4 Å². The lowest BCUT2D eigenvalue weighted by atomic mass is 9.94. The highest BCUT2D eigenvalue weighted by Gasteiger charge is 2.20. The number of halogens is 1. The molecule has 0 radical (unpaired) electrons. The summed E-state index contributed by atoms with van der Waals surface area (Å²) in [5, 5.41) is 2.98. The Morgan fingerprint density at radius 2 is 2.25 bits per heavy atom. The molecular formula is C13H16BrNO. The molecule has 1 aliphatic rings. The Morgan fingerprint density at radius 1 is 1.38 bits per heavy atom. The molecule has 0 saturated carbocycles. The van der Waals surface area contributed by atoms with Crippen molar-refractivity contribution in [3.8, 4) is 0 Å². The molecule has 0 aromatic heterocycles. The van der Waals surface area contributed by atoms with Gasteiger partial charge in [0.2, 0.25) is 5.91 Å². The summed E-state index contributed by atoms with van der Waals surface area (Å²) in [4.78, 5) is 11.8. The van der Waals surface area contributed by atoms with E-state index in [1.807, 2.05) is 12.1 Å². The van der Waals surface area contributed by atoms with Crippen molar-refractivity contribution in [1.29, 1.82) is 0 Å². The Hall–Kier alpha value is -0.830. The molecule has 1 saturated heterocycles. The standard InChI is InChI=1S/C13H16BrNO/c14-12-6-3-4-10(9-12)8-11-5-1-2-7-15-13(11)16/h3-4,6,9,11H,1-2,5,7-8H2,(H,15,16). The SMILES string of the molecule is O=C1NCCCCC1Cc1cccc(Br)c1. The number of nitrogens with one attached hydrogen (secondary N) is 1. The molecular weight excluding hydrogens is 266 g/mol. The highest BCUT2D eigenvalue weighted by atomic mass is 79.9. The van der Waals surface area contributed by atoms with Crippen molar-refractivity contribution < 1.29 is 4.79 Å². The van der Waals surface area contributed by atoms with Gasteiger partial charge in [-0.1, -0.05) is 34.5 Å². The lowest BCUT2D eigenvalue weighted by Gasteiger charge is -2.13. The molecule has 3 heteroatoms. The van der Waals surface area contributed by atoms with E-state index < -0.39 is 0 Å². The van der Waals surface area contributed by atoms with Crippen LogP contribution in [0.5, 0.6) is 0 Å². The second-order valence-corrected chi connectivity index (χ2v) is 5.23. The number of carbonyl (C=O) groups excluding carboxylic acids is 1. The Kier molecular flexibility index (Phi) is 3.99. The highest BCUT2D eigenvalue weighted by molar-refractivity contribution is 9.10. The second kappa shape index (κ2) is 5.48. The van der Waals surface area contributed by atoms with Crippen LogP contribution in [0.4, 0.5) is 0 Å². The molecule has 16 heavy (non-hydrogen) atoms. The van der Waals surface area contributed by atoms with Crippen LogP contribution in [-0.4, -0.2) is 12.5 Å². The van der Waals surface area contributed by atoms with E-state index in [0.717, 1.165) is 36.7 Å². The van der Waals surface area contributed by atoms with Crippen LogP contribution in [0.25, 0.3) is 0 Å². The van der Waals surface area contributed by atoms with E-state index in [0.29, 0.717) is 0 Å². The van der Waals surface area contributed by atoms with Gasteiger partial charge in [-0.3, -0.25) is 4.79 Å². The van der Waals surface area contributed by atoms with Gasteiger partial charge in [-0.05, 0) is 37.0 Å². The molecule has 1 atom stereocenters. The van der Waals surface area contributed by atoms with Gasteiger partial charge in [0.1, 0.15) is 0 Å². The molecule has 86 valence electrons. The molecule has 0 aliphatic carbocycles. The summed E-state index contributed by atoms with van der Waals surface area (Å²) in [7, 11) is 0. The fourth-order valence-corrected chi connectivity index (χ4v) is 2.59. The number of hydrogen-bond acceptors (Lipinski definition) is 1. The molecule has 1 aromatic rings. The molecule has 0 bridgehead atoms. The lowest BCUT2D eigenvalue weighted by molar-refractivity contribution is -0.124. The molecule has 1 unspecified atom stereocenters. The first kappa shape index (κ1) is 11.6. The first-order valence-corrected chi connectivity index (χ1v) is 6.57. The van der Waals surface area contributed by atoms with Crippen molar-refractivity contribution in [1.82, 2.24) is 5.32 Å². The minimum atomic E-state index is 0.150. The molecule has 2 nitrogen and oxygen atoms in total. The number of carbonyl (C=O) groups is 1. The van der Waals surface area contributed by atoms with Crippen molar-refractivity contribution >= 4 is 21.8 Å². The number of hydrogen-bond donors (Lipinski definition) is 1. The highest BCUT2D eigenvalue weighted by Crippen LogP contribution is 2.20. The average molecular weight is 282 g/mol. The maximum absolute atomic E-state index is 11.8. The first-order chi connectivity index (χ1) is 7.75. The molecule has 1 aliphatic heterocycles. The normalized spacial score (nSPS) is 21.3. The average Bonchev–Trinajstić information content (AvgIpc) is 2.45. The summed E-state index contributed by atoms with van der Waals surface area (Å²) in [6, 6.07) is 8.21. The molecule has 1 amide bonds. The van der Waals surface area contributed by atoms with Gasteiger partial charge in [-0.15, -0.1) is 0 Å². The Morgan fingerprint density at radius 3 is 3.06 bits per heavy atom. The zero-order valence-corrected chi connectivity index (χ0v) is 10.8. The van der Waals surface area contributed by atoms with Crippen LogP contribution in [-0.2, 0) is 11.2 Å².